The molecule has 0 radical (unpaired) electrons. The fourth-order valence-electron chi connectivity index (χ4n) is 3.69. The van der Waals surface area contributed by atoms with E-state index in [1.54, 1.807) is 30.3 Å². The van der Waals surface area contributed by atoms with Gasteiger partial charge in [0, 0.05) is 54.8 Å². The first-order chi connectivity index (χ1) is 16.2. The van der Waals surface area contributed by atoms with Crippen molar-refractivity contribution in [2.24, 2.45) is 0 Å². The van der Waals surface area contributed by atoms with Gasteiger partial charge in [-0.05, 0) is 53.6 Å². The summed E-state index contributed by atoms with van der Waals surface area (Å²) in [5.41, 5.74) is 2.50. The van der Waals surface area contributed by atoms with Crippen LogP contribution >= 0.6 is 0 Å². The second-order valence-electron chi connectivity index (χ2n) is 7.97. The Balaban J connectivity index is 1.62. The van der Waals surface area contributed by atoms with Crippen molar-refractivity contribution in [1.82, 2.24) is 4.90 Å². The molecule has 1 amide bonds. The van der Waals surface area contributed by atoms with Gasteiger partial charge in [-0.3, -0.25) is 14.9 Å². The number of nitro benzene ring substituents is 1. The molecule has 0 atom stereocenters. The molecule has 0 bridgehead atoms. The number of benzene rings is 3. The standard InChI is InChI=1S/C26H19F3N2O3/c27-22-9-2-18(3-10-22)1-4-21-17-23(31(33)34)11-12-24(21)19-5-7-20(8-6-19)25(32)30-15-13-26(28,29)14-16-30/h2-3,5-12,17H,13-16H2. The minimum Gasteiger partial charge on any atom is -0.338 e. The third-order valence-corrected chi connectivity index (χ3v) is 5.62. The lowest BCUT2D eigenvalue weighted by atomic mass is 9.97. The normalized spacial score (nSPS) is 14.7. The van der Waals surface area contributed by atoms with Gasteiger partial charge in [0.2, 0.25) is 0 Å². The molecule has 5 nitrogen and oxygen atoms in total. The van der Waals surface area contributed by atoms with Gasteiger partial charge in [0.15, 0.2) is 0 Å². The van der Waals surface area contributed by atoms with Crippen LogP contribution in [0.3, 0.4) is 0 Å². The first-order valence-electron chi connectivity index (χ1n) is 10.6. The maximum absolute atomic E-state index is 13.4. The van der Waals surface area contributed by atoms with Crippen molar-refractivity contribution in [2.75, 3.05) is 13.1 Å². The zero-order valence-corrected chi connectivity index (χ0v) is 17.9. The Morgan fingerprint density at radius 1 is 0.941 bits per heavy atom. The molecule has 3 aromatic carbocycles. The predicted molar refractivity (Wildman–Crippen MR) is 121 cm³/mol. The highest BCUT2D eigenvalue weighted by atomic mass is 19.3. The molecule has 1 fully saturated rings. The van der Waals surface area contributed by atoms with Gasteiger partial charge in [-0.2, -0.15) is 0 Å². The lowest BCUT2D eigenvalue weighted by Gasteiger charge is -2.31. The summed E-state index contributed by atoms with van der Waals surface area (Å²) in [7, 11) is 0. The Morgan fingerprint density at radius 3 is 2.21 bits per heavy atom. The number of piperidine rings is 1. The van der Waals surface area contributed by atoms with E-state index in [-0.39, 0.29) is 37.5 Å². The van der Waals surface area contributed by atoms with E-state index in [1.807, 2.05) is 0 Å². The van der Waals surface area contributed by atoms with Crippen molar-refractivity contribution >= 4 is 11.6 Å². The highest BCUT2D eigenvalue weighted by Gasteiger charge is 2.35. The topological polar surface area (TPSA) is 63.4 Å². The van der Waals surface area contributed by atoms with Gasteiger partial charge in [0.25, 0.3) is 17.5 Å². The van der Waals surface area contributed by atoms with E-state index < -0.39 is 16.7 Å². The zero-order chi connectivity index (χ0) is 24.3. The third-order valence-electron chi connectivity index (χ3n) is 5.62. The average Bonchev–Trinajstić information content (AvgIpc) is 2.83. The van der Waals surface area contributed by atoms with Gasteiger partial charge in [0.1, 0.15) is 5.82 Å². The van der Waals surface area contributed by atoms with E-state index in [9.17, 15) is 28.1 Å². The Morgan fingerprint density at radius 2 is 1.59 bits per heavy atom. The van der Waals surface area contributed by atoms with E-state index in [0.717, 1.165) is 0 Å². The van der Waals surface area contributed by atoms with E-state index in [1.165, 1.54) is 41.3 Å². The number of rotatable bonds is 3. The van der Waals surface area contributed by atoms with Crippen LogP contribution in [0.2, 0.25) is 0 Å². The Hall–Kier alpha value is -4.12. The Labute approximate surface area is 194 Å². The molecule has 172 valence electrons. The van der Waals surface area contributed by atoms with Crippen molar-refractivity contribution in [2.45, 2.75) is 18.8 Å². The van der Waals surface area contributed by atoms with Crippen molar-refractivity contribution < 1.29 is 22.9 Å². The van der Waals surface area contributed by atoms with Crippen LogP contribution in [0.5, 0.6) is 0 Å². The number of carbonyl (C=O) groups excluding carboxylic acids is 1. The van der Waals surface area contributed by atoms with Crippen molar-refractivity contribution in [3.63, 3.8) is 0 Å². The summed E-state index contributed by atoms with van der Waals surface area (Å²) >= 11 is 0. The van der Waals surface area contributed by atoms with Crippen LogP contribution < -0.4 is 0 Å². The lowest BCUT2D eigenvalue weighted by Crippen LogP contribution is -2.42. The lowest BCUT2D eigenvalue weighted by molar-refractivity contribution is -0.384. The molecule has 0 aromatic heterocycles. The quantitative estimate of drug-likeness (QED) is 0.285. The van der Waals surface area contributed by atoms with Gasteiger partial charge in [-0.15, -0.1) is 0 Å². The minimum absolute atomic E-state index is 0.000932. The van der Waals surface area contributed by atoms with Gasteiger partial charge in [-0.1, -0.05) is 24.0 Å². The molecule has 0 saturated carbocycles. The highest BCUT2D eigenvalue weighted by Crippen LogP contribution is 2.30. The van der Waals surface area contributed by atoms with Crippen LogP contribution in [-0.2, 0) is 0 Å². The van der Waals surface area contributed by atoms with Crippen molar-refractivity contribution in [3.8, 4) is 23.0 Å². The fourth-order valence-corrected chi connectivity index (χ4v) is 3.69. The molecular weight excluding hydrogens is 445 g/mol. The molecule has 1 aliphatic rings. The number of alkyl halides is 2. The van der Waals surface area contributed by atoms with Crippen LogP contribution in [0.25, 0.3) is 11.1 Å². The van der Waals surface area contributed by atoms with Crippen LogP contribution in [0.15, 0.2) is 66.7 Å². The summed E-state index contributed by atoms with van der Waals surface area (Å²) in [5.74, 6) is 2.35. The highest BCUT2D eigenvalue weighted by molar-refractivity contribution is 5.95. The summed E-state index contributed by atoms with van der Waals surface area (Å²) < 4.78 is 39.9. The zero-order valence-electron chi connectivity index (χ0n) is 17.9. The molecule has 34 heavy (non-hydrogen) atoms. The van der Waals surface area contributed by atoms with Crippen LogP contribution in [-0.4, -0.2) is 34.7 Å². The molecule has 1 aliphatic heterocycles. The third kappa shape index (κ3) is 5.26. The minimum atomic E-state index is -2.73. The van der Waals surface area contributed by atoms with Crippen LogP contribution in [0.1, 0.15) is 34.3 Å². The molecule has 4 rings (SSSR count). The van der Waals surface area contributed by atoms with Crippen LogP contribution in [0.4, 0.5) is 18.9 Å². The monoisotopic (exact) mass is 464 g/mol. The summed E-state index contributed by atoms with van der Waals surface area (Å²) in [4.78, 5) is 24.8. The molecule has 0 unspecified atom stereocenters. The number of non-ortho nitro benzene ring substituents is 1. The summed E-state index contributed by atoms with van der Waals surface area (Å²) in [6.07, 6.45) is -0.703. The predicted octanol–water partition coefficient (Wildman–Crippen LogP) is 5.67. The first kappa shape index (κ1) is 23.1. The molecule has 8 heteroatoms. The molecule has 3 aromatic rings. The molecule has 0 aliphatic carbocycles. The van der Waals surface area contributed by atoms with E-state index in [0.29, 0.717) is 27.8 Å². The number of halogens is 3. The molecule has 1 saturated heterocycles. The number of hydrogen-bond donors (Lipinski definition) is 0. The number of carbonyl (C=O) groups is 1. The van der Waals surface area contributed by atoms with Gasteiger partial charge < -0.3 is 4.90 Å². The van der Waals surface area contributed by atoms with E-state index in [4.69, 9.17) is 0 Å². The molecular formula is C26H19F3N2O3. The molecule has 0 N–H and O–H groups in total. The second kappa shape index (κ2) is 9.40. The molecule has 0 spiro atoms. The van der Waals surface area contributed by atoms with Gasteiger partial charge in [0.05, 0.1) is 4.92 Å². The number of hydrogen-bond acceptors (Lipinski definition) is 3. The Kier molecular flexibility index (Phi) is 6.37. The summed E-state index contributed by atoms with van der Waals surface area (Å²) in [5, 5.41) is 11.2. The maximum atomic E-state index is 13.4. The van der Waals surface area contributed by atoms with Gasteiger partial charge >= 0.3 is 0 Å². The summed E-state index contributed by atoms with van der Waals surface area (Å²) in [6.45, 7) is -0.00186. The van der Waals surface area contributed by atoms with E-state index >= 15 is 0 Å². The first-order valence-corrected chi connectivity index (χ1v) is 10.6. The Bertz CT molecular complexity index is 1280. The number of nitrogens with zero attached hydrogens (tertiary/aromatic N) is 2. The SMILES string of the molecule is O=C(c1ccc(-c2ccc([N+](=O)[O-])cc2C#Cc2ccc(F)cc2)cc1)N1CCC(F)(F)CC1. The second-order valence-corrected chi connectivity index (χ2v) is 7.97. The smallest absolute Gasteiger partial charge is 0.270 e. The number of likely N-dealkylation sites (tertiary alicyclic amines) is 1. The number of nitro groups is 1. The maximum Gasteiger partial charge on any atom is 0.270 e. The molecule has 1 heterocycles. The van der Waals surface area contributed by atoms with Gasteiger partial charge in [-0.25, -0.2) is 13.2 Å². The number of amides is 1. The van der Waals surface area contributed by atoms with E-state index in [2.05, 4.69) is 11.8 Å². The largest absolute Gasteiger partial charge is 0.338 e. The fraction of sp³-hybridized carbons (Fsp3) is 0.192. The van der Waals surface area contributed by atoms with Crippen molar-refractivity contribution in [3.05, 3.63) is 99.4 Å². The average molecular weight is 464 g/mol. The van der Waals surface area contributed by atoms with Crippen molar-refractivity contribution in [1.29, 1.82) is 0 Å². The van der Waals surface area contributed by atoms with Crippen LogP contribution in [0, 0.1) is 27.8 Å². The summed E-state index contributed by atoms with van der Waals surface area (Å²) in [6, 6.07) is 16.5.